The van der Waals surface area contributed by atoms with E-state index in [9.17, 15) is 19.7 Å². The summed E-state index contributed by atoms with van der Waals surface area (Å²) in [6.45, 7) is 1.28. The van der Waals surface area contributed by atoms with Crippen LogP contribution in [0.15, 0.2) is 60.3 Å². The van der Waals surface area contributed by atoms with Crippen LogP contribution in [0.5, 0.6) is 0 Å². The molecule has 0 atom stereocenters. The number of anilines is 1. The van der Waals surface area contributed by atoms with Gasteiger partial charge >= 0.3 is 0 Å². The Morgan fingerprint density at radius 3 is 2.38 bits per heavy atom. The number of nitrogens with zero attached hydrogens (tertiary/aromatic N) is 2. The second-order valence-corrected chi connectivity index (χ2v) is 6.52. The van der Waals surface area contributed by atoms with Gasteiger partial charge in [-0.1, -0.05) is 23.7 Å². The van der Waals surface area contributed by atoms with E-state index < -0.39 is 16.6 Å². The Labute approximate surface area is 170 Å². The van der Waals surface area contributed by atoms with Gasteiger partial charge in [0.15, 0.2) is 5.78 Å². The van der Waals surface area contributed by atoms with Gasteiger partial charge in [-0.05, 0) is 37.3 Å². The molecule has 3 aromatic rings. The lowest BCUT2D eigenvalue weighted by atomic mass is 10.0. The average molecular weight is 411 g/mol. The van der Waals surface area contributed by atoms with E-state index in [0.29, 0.717) is 22.0 Å². The minimum Gasteiger partial charge on any atom is -0.322 e. The number of aromatic nitrogens is 2. The van der Waals surface area contributed by atoms with E-state index in [0.717, 1.165) is 5.56 Å². The number of ketones is 1. The van der Waals surface area contributed by atoms with Gasteiger partial charge in [-0.3, -0.25) is 24.8 Å². The maximum absolute atomic E-state index is 12.6. The van der Waals surface area contributed by atoms with E-state index in [2.05, 4.69) is 15.5 Å². The Bertz CT molecular complexity index is 1100. The van der Waals surface area contributed by atoms with Crippen molar-refractivity contribution >= 4 is 40.7 Å². The van der Waals surface area contributed by atoms with Gasteiger partial charge in [0.25, 0.3) is 11.6 Å². The summed E-state index contributed by atoms with van der Waals surface area (Å²) in [5.41, 5.74) is 2.12. The molecular formula is C20H15ClN4O4. The van der Waals surface area contributed by atoms with Gasteiger partial charge in [0, 0.05) is 34.0 Å². The maximum Gasteiger partial charge on any atom is 0.269 e. The molecule has 29 heavy (non-hydrogen) atoms. The second kappa shape index (κ2) is 8.49. The van der Waals surface area contributed by atoms with Crippen LogP contribution in [0.1, 0.15) is 12.5 Å². The number of benzene rings is 2. The molecule has 0 bridgehead atoms. The number of hydrogen-bond acceptors (Lipinski definition) is 5. The van der Waals surface area contributed by atoms with Crippen LogP contribution in [0.4, 0.5) is 11.4 Å². The zero-order chi connectivity index (χ0) is 21.0. The van der Waals surface area contributed by atoms with E-state index in [1.54, 1.807) is 24.3 Å². The molecule has 0 spiro atoms. The number of hydrogen-bond donors (Lipinski definition) is 2. The van der Waals surface area contributed by atoms with Crippen molar-refractivity contribution in [1.29, 1.82) is 0 Å². The molecule has 3 rings (SSSR count). The molecule has 0 unspecified atom stereocenters. The summed E-state index contributed by atoms with van der Waals surface area (Å²) in [7, 11) is 0. The van der Waals surface area contributed by atoms with E-state index in [4.69, 9.17) is 11.6 Å². The molecule has 0 aliphatic carbocycles. The molecule has 0 saturated carbocycles. The van der Waals surface area contributed by atoms with Gasteiger partial charge in [0.1, 0.15) is 0 Å². The summed E-state index contributed by atoms with van der Waals surface area (Å²) in [6, 6.07) is 12.3. The lowest BCUT2D eigenvalue weighted by molar-refractivity contribution is -0.384. The molecule has 0 aliphatic rings. The Morgan fingerprint density at radius 2 is 1.79 bits per heavy atom. The molecule has 2 aromatic carbocycles. The van der Waals surface area contributed by atoms with Crippen LogP contribution in [0.3, 0.4) is 0 Å². The van der Waals surface area contributed by atoms with Gasteiger partial charge in [-0.25, -0.2) is 0 Å². The van der Waals surface area contributed by atoms with Crippen LogP contribution < -0.4 is 5.32 Å². The molecule has 0 aliphatic heterocycles. The van der Waals surface area contributed by atoms with Gasteiger partial charge in [0.05, 0.1) is 22.4 Å². The molecule has 2 N–H and O–H groups in total. The van der Waals surface area contributed by atoms with Crippen molar-refractivity contribution in [2.24, 2.45) is 0 Å². The van der Waals surface area contributed by atoms with Crippen molar-refractivity contribution in [3.63, 3.8) is 0 Å². The van der Waals surface area contributed by atoms with Crippen LogP contribution in [-0.4, -0.2) is 26.8 Å². The molecular weight excluding hydrogens is 396 g/mol. The number of non-ortho nitro benzene ring substituents is 1. The summed E-state index contributed by atoms with van der Waals surface area (Å²) in [4.78, 5) is 34.9. The third-order valence-electron chi connectivity index (χ3n) is 4.06. The van der Waals surface area contributed by atoms with Crippen LogP contribution in [0.25, 0.3) is 17.3 Å². The lowest BCUT2D eigenvalue weighted by Crippen LogP contribution is -2.18. The number of nitro groups is 1. The van der Waals surface area contributed by atoms with Crippen molar-refractivity contribution in [1.82, 2.24) is 10.2 Å². The Balaban J connectivity index is 1.88. The molecule has 146 valence electrons. The van der Waals surface area contributed by atoms with Gasteiger partial charge in [0.2, 0.25) is 0 Å². The van der Waals surface area contributed by atoms with Crippen LogP contribution >= 0.6 is 11.6 Å². The first-order chi connectivity index (χ1) is 13.8. The Kier molecular flexibility index (Phi) is 5.85. The van der Waals surface area contributed by atoms with E-state index in [1.807, 2.05) is 0 Å². The largest absolute Gasteiger partial charge is 0.322 e. The minimum absolute atomic E-state index is 0.0834. The minimum atomic E-state index is -0.630. The van der Waals surface area contributed by atoms with Crippen LogP contribution in [0, 0.1) is 10.1 Å². The first kappa shape index (κ1) is 20.0. The summed E-state index contributed by atoms with van der Waals surface area (Å²) in [6.07, 6.45) is 2.95. The average Bonchev–Trinajstić information content (AvgIpc) is 3.15. The van der Waals surface area contributed by atoms with Crippen LogP contribution in [0.2, 0.25) is 5.02 Å². The number of halogens is 1. The molecule has 0 radical (unpaired) electrons. The topological polar surface area (TPSA) is 118 Å². The predicted octanol–water partition coefficient (Wildman–Crippen LogP) is 4.25. The Hall–Kier alpha value is -3.78. The van der Waals surface area contributed by atoms with Gasteiger partial charge in [-0.2, -0.15) is 5.10 Å². The summed E-state index contributed by atoms with van der Waals surface area (Å²) in [5, 5.41) is 20.7. The van der Waals surface area contributed by atoms with E-state index in [1.165, 1.54) is 43.5 Å². The first-order valence-electron chi connectivity index (χ1n) is 8.43. The van der Waals surface area contributed by atoms with Gasteiger partial charge < -0.3 is 5.32 Å². The highest BCUT2D eigenvalue weighted by Gasteiger charge is 2.17. The zero-order valence-corrected chi connectivity index (χ0v) is 15.9. The van der Waals surface area contributed by atoms with E-state index >= 15 is 0 Å². The highest BCUT2D eigenvalue weighted by molar-refractivity contribution is 6.30. The van der Waals surface area contributed by atoms with E-state index in [-0.39, 0.29) is 11.3 Å². The third kappa shape index (κ3) is 4.74. The number of rotatable bonds is 6. The second-order valence-electron chi connectivity index (χ2n) is 6.08. The number of nitrogens with one attached hydrogen (secondary N) is 2. The Morgan fingerprint density at radius 1 is 1.14 bits per heavy atom. The number of H-pyrrole nitrogens is 1. The highest BCUT2D eigenvalue weighted by atomic mass is 35.5. The summed E-state index contributed by atoms with van der Waals surface area (Å²) in [5.74, 6) is -1.07. The smallest absolute Gasteiger partial charge is 0.269 e. The third-order valence-corrected chi connectivity index (χ3v) is 4.31. The van der Waals surface area contributed by atoms with Crippen molar-refractivity contribution in [2.45, 2.75) is 6.92 Å². The fraction of sp³-hybridized carbons (Fsp3) is 0.0500. The van der Waals surface area contributed by atoms with Crippen LogP contribution in [-0.2, 0) is 9.59 Å². The molecule has 0 fully saturated rings. The predicted molar refractivity (Wildman–Crippen MR) is 109 cm³/mol. The fourth-order valence-electron chi connectivity index (χ4n) is 2.60. The molecule has 1 aromatic heterocycles. The molecule has 0 saturated heterocycles. The number of amides is 1. The number of carbonyl (C=O) groups is 2. The summed E-state index contributed by atoms with van der Waals surface area (Å²) < 4.78 is 0. The van der Waals surface area contributed by atoms with Crippen molar-refractivity contribution < 1.29 is 14.5 Å². The van der Waals surface area contributed by atoms with Crippen molar-refractivity contribution in [3.05, 3.63) is 81.0 Å². The van der Waals surface area contributed by atoms with Crippen molar-refractivity contribution in [2.75, 3.05) is 5.32 Å². The normalized spacial score (nSPS) is 11.2. The lowest BCUT2D eigenvalue weighted by Gasteiger charge is -2.07. The number of Topliss-reactive ketones (excluding diaryl/α,β-unsaturated/α-hetero) is 1. The molecule has 8 nitrogen and oxygen atoms in total. The zero-order valence-electron chi connectivity index (χ0n) is 15.2. The fourth-order valence-corrected chi connectivity index (χ4v) is 2.73. The monoisotopic (exact) mass is 410 g/mol. The number of carbonyl (C=O) groups excluding carboxylic acids is 2. The quantitative estimate of drug-likeness (QED) is 0.207. The first-order valence-corrected chi connectivity index (χ1v) is 8.80. The SMILES string of the molecule is CC(=O)C(=Cc1cn[nH]c1-c1ccc(Cl)cc1)C(=O)Nc1ccc([N+](=O)[O-])cc1. The van der Waals surface area contributed by atoms with Crippen molar-refractivity contribution in [3.8, 4) is 11.3 Å². The standard InChI is InChI=1S/C20H15ClN4O4/c1-12(26)18(20(27)23-16-6-8-17(9-7-16)25(28)29)10-14-11-22-24-19(14)13-2-4-15(21)5-3-13/h2-11H,1H3,(H,22,24)(H,23,27). The number of aromatic amines is 1. The molecule has 1 amide bonds. The maximum atomic E-state index is 12.6. The highest BCUT2D eigenvalue weighted by Crippen LogP contribution is 2.25. The van der Waals surface area contributed by atoms with Gasteiger partial charge in [-0.15, -0.1) is 0 Å². The molecule has 1 heterocycles. The summed E-state index contributed by atoms with van der Waals surface area (Å²) >= 11 is 5.91. The molecule has 9 heteroatoms. The number of nitro benzene ring substituents is 1.